The SMILES string of the molecule is O=C(NCc1ccccc1)c1csc(CCCCc2nc3ccc(C(F)(F)F)cc3[nH]2)n1. The number of fused-ring (bicyclic) bond motifs is 1. The molecule has 0 saturated carbocycles. The fraction of sp³-hybridized carbons (Fsp3) is 0.261. The lowest BCUT2D eigenvalue weighted by molar-refractivity contribution is -0.137. The van der Waals surface area contributed by atoms with Crippen LogP contribution in [0.1, 0.15) is 45.3 Å². The molecule has 2 aromatic carbocycles. The summed E-state index contributed by atoms with van der Waals surface area (Å²) in [5.74, 6) is 0.469. The number of alkyl halides is 3. The average molecular weight is 459 g/mol. The van der Waals surface area contributed by atoms with Crippen LogP contribution in [-0.2, 0) is 25.6 Å². The molecule has 2 heterocycles. The molecule has 2 aromatic heterocycles. The molecule has 5 nitrogen and oxygen atoms in total. The lowest BCUT2D eigenvalue weighted by atomic mass is 10.2. The topological polar surface area (TPSA) is 70.7 Å². The zero-order valence-corrected chi connectivity index (χ0v) is 17.9. The van der Waals surface area contributed by atoms with Crippen LogP contribution in [0.2, 0.25) is 0 Å². The van der Waals surface area contributed by atoms with Gasteiger partial charge in [-0.25, -0.2) is 9.97 Å². The number of hydrogen-bond acceptors (Lipinski definition) is 4. The molecule has 0 saturated heterocycles. The molecular weight excluding hydrogens is 437 g/mol. The van der Waals surface area contributed by atoms with Gasteiger partial charge >= 0.3 is 6.18 Å². The molecule has 0 radical (unpaired) electrons. The van der Waals surface area contributed by atoms with Crippen molar-refractivity contribution in [2.45, 2.75) is 38.4 Å². The Hall–Kier alpha value is -3.20. The molecule has 166 valence electrons. The van der Waals surface area contributed by atoms with E-state index in [1.807, 2.05) is 30.3 Å². The number of nitrogens with one attached hydrogen (secondary N) is 2. The molecule has 0 unspecified atom stereocenters. The number of aryl methyl sites for hydroxylation is 2. The van der Waals surface area contributed by atoms with Crippen LogP contribution in [0.15, 0.2) is 53.9 Å². The highest BCUT2D eigenvalue weighted by atomic mass is 32.1. The molecular formula is C23H21F3N4OS. The maximum Gasteiger partial charge on any atom is 0.416 e. The van der Waals surface area contributed by atoms with Gasteiger partial charge in [0.05, 0.1) is 21.6 Å². The van der Waals surface area contributed by atoms with Crippen molar-refractivity contribution in [3.05, 3.63) is 81.6 Å². The van der Waals surface area contributed by atoms with Gasteiger partial charge in [-0.3, -0.25) is 4.79 Å². The molecule has 0 spiro atoms. The van der Waals surface area contributed by atoms with E-state index >= 15 is 0 Å². The van der Waals surface area contributed by atoms with Gasteiger partial charge in [0.2, 0.25) is 0 Å². The van der Waals surface area contributed by atoms with E-state index in [9.17, 15) is 18.0 Å². The Balaban J connectivity index is 1.24. The first-order chi connectivity index (χ1) is 15.4. The van der Waals surface area contributed by atoms with Gasteiger partial charge in [0.1, 0.15) is 11.5 Å². The van der Waals surface area contributed by atoms with E-state index in [-0.39, 0.29) is 5.91 Å². The number of H-pyrrole nitrogens is 1. The van der Waals surface area contributed by atoms with Gasteiger partial charge in [-0.2, -0.15) is 13.2 Å². The molecule has 2 N–H and O–H groups in total. The number of rotatable bonds is 8. The number of unbranched alkanes of at least 4 members (excludes halogenated alkanes) is 1. The number of halogens is 3. The van der Waals surface area contributed by atoms with Crippen LogP contribution in [-0.4, -0.2) is 20.9 Å². The number of nitrogens with zero attached hydrogens (tertiary/aromatic N) is 2. The Morgan fingerprint density at radius 1 is 1.03 bits per heavy atom. The van der Waals surface area contributed by atoms with Crippen LogP contribution in [0, 0.1) is 0 Å². The van der Waals surface area contributed by atoms with E-state index < -0.39 is 11.7 Å². The standard InChI is InChI=1S/C23H21F3N4OS/c24-23(25,26)16-10-11-17-18(12-16)29-20(28-17)8-4-5-9-21-30-19(14-32-21)22(31)27-13-15-6-2-1-3-7-15/h1-3,6-7,10-12,14H,4-5,8-9,13H2,(H,27,31)(H,28,29). The number of benzene rings is 2. The highest BCUT2D eigenvalue weighted by molar-refractivity contribution is 7.09. The fourth-order valence-corrected chi connectivity index (χ4v) is 4.15. The number of aromatic nitrogens is 3. The Bertz CT molecular complexity index is 1200. The Labute approximate surface area is 186 Å². The summed E-state index contributed by atoms with van der Waals surface area (Å²) in [6, 6.07) is 13.2. The van der Waals surface area contributed by atoms with Gasteiger partial charge in [-0.15, -0.1) is 11.3 Å². The summed E-state index contributed by atoms with van der Waals surface area (Å²) < 4.78 is 38.5. The van der Waals surface area contributed by atoms with Crippen LogP contribution >= 0.6 is 11.3 Å². The minimum absolute atomic E-state index is 0.197. The first-order valence-electron chi connectivity index (χ1n) is 10.2. The maximum atomic E-state index is 12.8. The summed E-state index contributed by atoms with van der Waals surface area (Å²) in [6.45, 7) is 0.453. The second-order valence-electron chi connectivity index (χ2n) is 7.42. The molecule has 9 heteroatoms. The van der Waals surface area contributed by atoms with E-state index in [2.05, 4.69) is 20.3 Å². The van der Waals surface area contributed by atoms with E-state index in [4.69, 9.17) is 0 Å². The Morgan fingerprint density at radius 2 is 1.81 bits per heavy atom. The number of hydrogen-bond donors (Lipinski definition) is 2. The monoisotopic (exact) mass is 458 g/mol. The van der Waals surface area contributed by atoms with Crippen LogP contribution in [0.4, 0.5) is 13.2 Å². The van der Waals surface area contributed by atoms with Gasteiger partial charge in [0.15, 0.2) is 0 Å². The van der Waals surface area contributed by atoms with Crippen molar-refractivity contribution < 1.29 is 18.0 Å². The van der Waals surface area contributed by atoms with Crippen molar-refractivity contribution in [2.24, 2.45) is 0 Å². The van der Waals surface area contributed by atoms with Crippen molar-refractivity contribution in [2.75, 3.05) is 0 Å². The second-order valence-corrected chi connectivity index (χ2v) is 8.36. The molecule has 4 rings (SSSR count). The number of imidazole rings is 1. The molecule has 32 heavy (non-hydrogen) atoms. The normalized spacial score (nSPS) is 11.7. The number of amides is 1. The van der Waals surface area contributed by atoms with E-state index in [0.717, 1.165) is 42.0 Å². The highest BCUT2D eigenvalue weighted by Crippen LogP contribution is 2.31. The molecule has 0 bridgehead atoms. The molecule has 4 aromatic rings. The highest BCUT2D eigenvalue weighted by Gasteiger charge is 2.30. The van der Waals surface area contributed by atoms with Crippen molar-refractivity contribution in [1.82, 2.24) is 20.3 Å². The quantitative estimate of drug-likeness (QED) is 0.341. The number of carbonyl (C=O) groups excluding carboxylic acids is 1. The molecule has 0 aliphatic rings. The van der Waals surface area contributed by atoms with Gasteiger partial charge in [0, 0.05) is 18.3 Å². The van der Waals surface area contributed by atoms with Crippen molar-refractivity contribution in [1.29, 1.82) is 0 Å². The smallest absolute Gasteiger partial charge is 0.347 e. The van der Waals surface area contributed by atoms with E-state index in [0.29, 0.717) is 35.5 Å². The second kappa shape index (κ2) is 9.52. The predicted molar refractivity (Wildman–Crippen MR) is 117 cm³/mol. The van der Waals surface area contributed by atoms with Gasteiger partial charge in [0.25, 0.3) is 5.91 Å². The minimum atomic E-state index is -4.37. The molecule has 0 aliphatic carbocycles. The number of carbonyl (C=O) groups is 1. The lowest BCUT2D eigenvalue weighted by Crippen LogP contribution is -2.23. The summed E-state index contributed by atoms with van der Waals surface area (Å²) in [5.41, 5.74) is 1.67. The zero-order chi connectivity index (χ0) is 22.6. The van der Waals surface area contributed by atoms with Crippen LogP contribution in [0.5, 0.6) is 0 Å². The van der Waals surface area contributed by atoms with Crippen LogP contribution in [0.3, 0.4) is 0 Å². The molecule has 0 aliphatic heterocycles. The summed E-state index contributed by atoms with van der Waals surface area (Å²) in [6.07, 6.45) is -1.37. The minimum Gasteiger partial charge on any atom is -0.347 e. The third kappa shape index (κ3) is 5.53. The zero-order valence-electron chi connectivity index (χ0n) is 17.1. The predicted octanol–water partition coefficient (Wildman–Crippen LogP) is 5.53. The van der Waals surface area contributed by atoms with E-state index in [1.54, 1.807) is 5.38 Å². The number of thiazole rings is 1. The Morgan fingerprint density at radius 3 is 2.59 bits per heavy atom. The lowest BCUT2D eigenvalue weighted by Gasteiger charge is -2.05. The fourth-order valence-electron chi connectivity index (χ4n) is 3.32. The Kier molecular flexibility index (Phi) is 6.55. The van der Waals surface area contributed by atoms with Crippen LogP contribution in [0.25, 0.3) is 11.0 Å². The van der Waals surface area contributed by atoms with Gasteiger partial charge < -0.3 is 10.3 Å². The molecule has 0 fully saturated rings. The van der Waals surface area contributed by atoms with Crippen LogP contribution < -0.4 is 5.32 Å². The first-order valence-corrected chi connectivity index (χ1v) is 11.1. The van der Waals surface area contributed by atoms with Crippen molar-refractivity contribution in [3.8, 4) is 0 Å². The first kappa shape index (κ1) is 22.0. The van der Waals surface area contributed by atoms with Crippen molar-refractivity contribution >= 4 is 28.3 Å². The summed E-state index contributed by atoms with van der Waals surface area (Å²) in [7, 11) is 0. The third-order valence-corrected chi connectivity index (χ3v) is 5.90. The number of aromatic amines is 1. The average Bonchev–Trinajstić information content (AvgIpc) is 3.41. The maximum absolute atomic E-state index is 12.8. The summed E-state index contributed by atoms with van der Waals surface area (Å²) in [4.78, 5) is 24.0. The largest absolute Gasteiger partial charge is 0.416 e. The molecule has 1 amide bonds. The third-order valence-electron chi connectivity index (χ3n) is 4.99. The molecule has 0 atom stereocenters. The van der Waals surface area contributed by atoms with Crippen molar-refractivity contribution in [3.63, 3.8) is 0 Å². The van der Waals surface area contributed by atoms with E-state index in [1.165, 1.54) is 17.4 Å². The summed E-state index contributed by atoms with van der Waals surface area (Å²) in [5, 5.41) is 5.51. The van der Waals surface area contributed by atoms with Gasteiger partial charge in [-0.05, 0) is 43.0 Å². The summed E-state index contributed by atoms with van der Waals surface area (Å²) >= 11 is 1.45. The van der Waals surface area contributed by atoms with Gasteiger partial charge in [-0.1, -0.05) is 30.3 Å².